The van der Waals surface area contributed by atoms with Gasteiger partial charge >= 0.3 is 12.1 Å². The Hall–Kier alpha value is -4.22. The first kappa shape index (κ1) is 32.7. The number of carboxylic acids is 1. The molecule has 2 aromatic carbocycles. The molecule has 0 spiro atoms. The van der Waals surface area contributed by atoms with Crippen LogP contribution in [0.25, 0.3) is 33.4 Å². The van der Waals surface area contributed by atoms with Crippen LogP contribution in [-0.4, -0.2) is 71.3 Å². The summed E-state index contributed by atoms with van der Waals surface area (Å²) in [5.74, 6) is -0.487. The number of fused-ring (bicyclic) bond motifs is 1. The van der Waals surface area contributed by atoms with E-state index in [0.717, 1.165) is 33.0 Å². The molecule has 1 N–H and O–H groups in total. The van der Waals surface area contributed by atoms with Gasteiger partial charge in [-0.25, -0.2) is 19.3 Å². The summed E-state index contributed by atoms with van der Waals surface area (Å²) < 4.78 is 18.9. The predicted octanol–water partition coefficient (Wildman–Crippen LogP) is 7.08. The summed E-state index contributed by atoms with van der Waals surface area (Å²) in [5, 5.41) is 15.8. The topological polar surface area (TPSA) is 116 Å². The second-order valence-corrected chi connectivity index (χ2v) is 18.6. The lowest BCUT2D eigenvalue weighted by atomic mass is 9.98. The molecule has 0 aliphatic rings. The van der Waals surface area contributed by atoms with E-state index >= 15 is 0 Å². The van der Waals surface area contributed by atoms with Crippen LogP contribution in [0.4, 0.5) is 4.79 Å². The van der Waals surface area contributed by atoms with Gasteiger partial charge in [-0.2, -0.15) is 5.10 Å². The van der Waals surface area contributed by atoms with E-state index in [1.54, 1.807) is 57.0 Å². The third-order valence-corrected chi connectivity index (χ3v) is 8.70. The maximum absolute atomic E-state index is 12.8. The summed E-state index contributed by atoms with van der Waals surface area (Å²) in [6, 6.07) is 16.6. The van der Waals surface area contributed by atoms with Crippen molar-refractivity contribution >= 4 is 31.2 Å². The summed E-state index contributed by atoms with van der Waals surface area (Å²) in [4.78, 5) is 31.0. The number of methoxy groups -OCH3 is 1. The molecule has 4 aromatic rings. The number of rotatable bonds is 11. The Balaban J connectivity index is 1.75. The smallest absolute Gasteiger partial charge is 0.411 e. The van der Waals surface area contributed by atoms with E-state index in [2.05, 4.69) is 19.6 Å². The van der Waals surface area contributed by atoms with Gasteiger partial charge in [0.2, 0.25) is 0 Å². The number of likely N-dealkylation sites (N-methyl/N-ethyl adjacent to an activating group) is 1. The highest BCUT2D eigenvalue weighted by Crippen LogP contribution is 2.36. The van der Waals surface area contributed by atoms with Crippen molar-refractivity contribution in [1.82, 2.24) is 19.7 Å². The number of hydrogen-bond donors (Lipinski definition) is 1. The molecule has 234 valence electrons. The van der Waals surface area contributed by atoms with Crippen LogP contribution in [0.3, 0.4) is 0 Å². The fourth-order valence-electron chi connectivity index (χ4n) is 4.74. The van der Waals surface area contributed by atoms with Crippen molar-refractivity contribution < 1.29 is 28.9 Å². The molecule has 0 radical (unpaired) electrons. The van der Waals surface area contributed by atoms with E-state index in [0.29, 0.717) is 29.3 Å². The summed E-state index contributed by atoms with van der Waals surface area (Å²) >= 11 is 0. The number of benzene rings is 2. The van der Waals surface area contributed by atoms with E-state index in [1.165, 1.54) is 7.05 Å². The Morgan fingerprint density at radius 3 is 2.43 bits per heavy atom. The van der Waals surface area contributed by atoms with Gasteiger partial charge in [-0.3, -0.25) is 4.90 Å². The van der Waals surface area contributed by atoms with Crippen molar-refractivity contribution in [1.29, 1.82) is 0 Å². The van der Waals surface area contributed by atoms with Crippen LogP contribution in [-0.2, 0) is 21.0 Å². The van der Waals surface area contributed by atoms with Crippen molar-refractivity contribution in [2.75, 3.05) is 20.8 Å². The average Bonchev–Trinajstić information content (AvgIpc) is 3.31. The minimum atomic E-state index is -1.25. The van der Waals surface area contributed by atoms with Crippen LogP contribution < -0.4 is 4.74 Å². The Bertz CT molecular complexity index is 1640. The first-order valence-corrected chi connectivity index (χ1v) is 18.3. The predicted molar refractivity (Wildman–Crippen MR) is 173 cm³/mol. The molecular weight excluding hydrogens is 576 g/mol. The second-order valence-electron chi connectivity index (χ2n) is 12.9. The Kier molecular flexibility index (Phi) is 9.80. The van der Waals surface area contributed by atoms with Gasteiger partial charge in [-0.05, 0) is 62.2 Å². The highest BCUT2D eigenvalue weighted by Gasteiger charge is 2.32. The highest BCUT2D eigenvalue weighted by atomic mass is 28.3. The van der Waals surface area contributed by atoms with Gasteiger partial charge in [0.05, 0.1) is 7.11 Å². The number of aromatic nitrogens is 3. The molecule has 0 fully saturated rings. The minimum absolute atomic E-state index is 0.259. The number of nitrogens with zero attached hydrogens (tertiary/aromatic N) is 4. The largest absolute Gasteiger partial charge is 0.496 e. The molecule has 0 saturated heterocycles. The fraction of sp³-hybridized carbons (Fsp3) is 0.394. The molecular formula is C33H42N4O6Si. The SMILES string of the molecule is COc1ccccc1-c1nn(COCC[Si](C)(C)C)c2ncc(-c3cccc(C(C(=O)O)N(C)C(=O)OC(C)(C)C)c3)cc12. The van der Waals surface area contributed by atoms with Crippen LogP contribution in [0.1, 0.15) is 32.4 Å². The monoisotopic (exact) mass is 618 g/mol. The maximum atomic E-state index is 12.8. The van der Waals surface area contributed by atoms with Crippen molar-refractivity contribution in [2.45, 2.75) is 64.8 Å². The van der Waals surface area contributed by atoms with Crippen molar-refractivity contribution in [3.05, 3.63) is 66.4 Å². The molecule has 0 aliphatic heterocycles. The number of carbonyl (C=O) groups excluding carboxylic acids is 1. The summed E-state index contributed by atoms with van der Waals surface area (Å²) in [5.41, 5.74) is 3.35. The molecule has 0 saturated carbocycles. The quantitative estimate of drug-likeness (QED) is 0.140. The third-order valence-electron chi connectivity index (χ3n) is 7.00. The van der Waals surface area contributed by atoms with Crippen molar-refractivity contribution in [3.8, 4) is 28.1 Å². The molecule has 2 aromatic heterocycles. The lowest BCUT2D eigenvalue weighted by molar-refractivity contribution is -0.142. The van der Waals surface area contributed by atoms with Gasteiger partial charge in [-0.15, -0.1) is 0 Å². The molecule has 44 heavy (non-hydrogen) atoms. The van der Waals surface area contributed by atoms with Crippen LogP contribution in [0.5, 0.6) is 5.75 Å². The molecule has 4 rings (SSSR count). The standard InChI is InChI=1S/C33H42N4O6Si/c1-33(2,3)43-32(40)36(4)29(31(38)39)23-13-11-12-22(18-23)24-19-26-28(25-14-9-10-15-27(25)41-5)35-37(30(26)34-20-24)21-42-16-17-44(6,7)8/h9-15,18-20,29H,16-17,21H2,1-8H3,(H,38,39). The Morgan fingerprint density at radius 2 is 1.77 bits per heavy atom. The normalized spacial score (nSPS) is 12.6. The van der Waals surface area contributed by atoms with Crippen LogP contribution in [0, 0.1) is 0 Å². The zero-order chi connectivity index (χ0) is 32.2. The van der Waals surface area contributed by atoms with Gasteiger partial charge in [0.15, 0.2) is 11.7 Å². The first-order chi connectivity index (χ1) is 20.7. The van der Waals surface area contributed by atoms with Crippen LogP contribution >= 0.6 is 0 Å². The zero-order valence-corrected chi connectivity index (χ0v) is 27.7. The lowest BCUT2D eigenvalue weighted by Gasteiger charge is -2.29. The molecule has 10 nitrogen and oxygen atoms in total. The van der Waals surface area contributed by atoms with Crippen molar-refractivity contribution in [2.24, 2.45) is 0 Å². The Labute approximate surface area is 259 Å². The molecule has 11 heteroatoms. The van der Waals surface area contributed by atoms with Gasteiger partial charge in [-0.1, -0.05) is 50.0 Å². The highest BCUT2D eigenvalue weighted by molar-refractivity contribution is 6.76. The summed E-state index contributed by atoms with van der Waals surface area (Å²) in [7, 11) is 1.80. The zero-order valence-electron chi connectivity index (χ0n) is 26.7. The number of amides is 1. The van der Waals surface area contributed by atoms with E-state index < -0.39 is 31.8 Å². The molecule has 0 bridgehead atoms. The van der Waals surface area contributed by atoms with Gasteiger partial charge in [0, 0.05) is 44.4 Å². The molecule has 1 atom stereocenters. The lowest BCUT2D eigenvalue weighted by Crippen LogP contribution is -2.39. The van der Waals surface area contributed by atoms with E-state index in [1.807, 2.05) is 36.4 Å². The number of ether oxygens (including phenoxy) is 3. The molecule has 1 amide bonds. The van der Waals surface area contributed by atoms with Gasteiger partial charge in [0.25, 0.3) is 0 Å². The maximum Gasteiger partial charge on any atom is 0.411 e. The third kappa shape index (κ3) is 7.83. The van der Waals surface area contributed by atoms with E-state index in [4.69, 9.17) is 24.3 Å². The molecule has 0 aliphatic carbocycles. The second kappa shape index (κ2) is 13.2. The summed E-state index contributed by atoms with van der Waals surface area (Å²) in [6.45, 7) is 13.0. The number of aliphatic carboxylic acids is 1. The first-order valence-electron chi connectivity index (χ1n) is 14.5. The number of para-hydroxylation sites is 1. The fourth-order valence-corrected chi connectivity index (χ4v) is 5.49. The molecule has 2 heterocycles. The van der Waals surface area contributed by atoms with Gasteiger partial charge in [0.1, 0.15) is 23.8 Å². The van der Waals surface area contributed by atoms with E-state index in [9.17, 15) is 14.7 Å². The van der Waals surface area contributed by atoms with Crippen molar-refractivity contribution in [3.63, 3.8) is 0 Å². The Morgan fingerprint density at radius 1 is 1.05 bits per heavy atom. The minimum Gasteiger partial charge on any atom is -0.496 e. The average molecular weight is 619 g/mol. The number of carboxylic acid groups (broad SMARTS) is 1. The number of carbonyl (C=O) groups is 2. The number of hydrogen-bond acceptors (Lipinski definition) is 7. The number of pyridine rings is 1. The van der Waals surface area contributed by atoms with E-state index in [-0.39, 0.29) is 6.73 Å². The molecule has 1 unspecified atom stereocenters. The summed E-state index contributed by atoms with van der Waals surface area (Å²) in [6.07, 6.45) is 1.01. The van der Waals surface area contributed by atoms with Crippen LogP contribution in [0.15, 0.2) is 60.8 Å². The van der Waals surface area contributed by atoms with Gasteiger partial charge < -0.3 is 19.3 Å². The van der Waals surface area contributed by atoms with Crippen LogP contribution in [0.2, 0.25) is 25.7 Å².